The Kier molecular flexibility index (Phi) is 3.64. The van der Waals surface area contributed by atoms with Crippen molar-refractivity contribution in [3.63, 3.8) is 0 Å². The minimum Gasteiger partial charge on any atom is -0.319 e. The third-order valence-corrected chi connectivity index (χ3v) is 5.84. The van der Waals surface area contributed by atoms with Crippen LogP contribution < -0.4 is 5.32 Å². The van der Waals surface area contributed by atoms with Crippen molar-refractivity contribution in [3.8, 4) is 0 Å². The highest BCUT2D eigenvalue weighted by atomic mass is 32.2. The quantitative estimate of drug-likeness (QED) is 0.944. The molecule has 3 rings (SSSR count). The number of aromatic nitrogens is 3. The second-order valence-electron chi connectivity index (χ2n) is 5.07. The molecular formula is C13H18N4S2. The number of fused-ring (bicyclic) bond motifs is 1. The van der Waals surface area contributed by atoms with Gasteiger partial charge in [0.05, 0.1) is 10.3 Å². The van der Waals surface area contributed by atoms with Crippen molar-refractivity contribution in [2.75, 3.05) is 0 Å². The lowest BCUT2D eigenvalue weighted by molar-refractivity contribution is 0.417. The van der Waals surface area contributed by atoms with Crippen molar-refractivity contribution in [3.05, 3.63) is 29.2 Å². The number of hydrogen-bond acceptors (Lipinski definition) is 5. The van der Waals surface area contributed by atoms with Crippen molar-refractivity contribution in [1.29, 1.82) is 0 Å². The zero-order valence-electron chi connectivity index (χ0n) is 11.3. The van der Waals surface area contributed by atoms with E-state index in [1.165, 1.54) is 9.77 Å². The van der Waals surface area contributed by atoms with E-state index in [1.807, 2.05) is 34.7 Å². The molecule has 0 amide bonds. The van der Waals surface area contributed by atoms with Crippen LogP contribution in [0.15, 0.2) is 22.0 Å². The zero-order chi connectivity index (χ0) is 13.4. The molecule has 102 valence electrons. The maximum absolute atomic E-state index is 4.19. The summed E-state index contributed by atoms with van der Waals surface area (Å²) in [5.74, 6) is 0.989. The molecule has 3 atom stereocenters. The smallest absolute Gasteiger partial charge is 0.149 e. The molecule has 1 N–H and O–H groups in total. The van der Waals surface area contributed by atoms with E-state index < -0.39 is 0 Å². The van der Waals surface area contributed by atoms with Gasteiger partial charge in [-0.3, -0.25) is 0 Å². The van der Waals surface area contributed by atoms with Gasteiger partial charge in [0.1, 0.15) is 12.2 Å². The summed E-state index contributed by atoms with van der Waals surface area (Å²) in [6.07, 6.45) is 2.92. The summed E-state index contributed by atoms with van der Waals surface area (Å²) >= 11 is 3.85. The second kappa shape index (κ2) is 5.26. The van der Waals surface area contributed by atoms with Crippen LogP contribution in [0.2, 0.25) is 0 Å². The molecule has 19 heavy (non-hydrogen) atoms. The Labute approximate surface area is 121 Å². The van der Waals surface area contributed by atoms with Crippen LogP contribution in [0.1, 0.15) is 43.7 Å². The van der Waals surface area contributed by atoms with E-state index in [0.29, 0.717) is 11.3 Å². The Hall–Kier alpha value is -0.850. The number of rotatable bonds is 3. The van der Waals surface area contributed by atoms with Crippen molar-refractivity contribution < 1.29 is 0 Å². The molecule has 6 heteroatoms. The molecule has 2 aromatic heterocycles. The maximum atomic E-state index is 4.19. The number of thioether (sulfide) groups is 1. The molecule has 2 aromatic rings. The van der Waals surface area contributed by atoms with Gasteiger partial charge in [0.15, 0.2) is 0 Å². The molecule has 1 aliphatic rings. The predicted molar refractivity (Wildman–Crippen MR) is 79.5 cm³/mol. The summed E-state index contributed by atoms with van der Waals surface area (Å²) in [6, 6.07) is 2.88. The summed E-state index contributed by atoms with van der Waals surface area (Å²) < 4.78 is 3.44. The first-order valence-electron chi connectivity index (χ1n) is 6.49. The topological polar surface area (TPSA) is 42.7 Å². The van der Waals surface area contributed by atoms with E-state index in [1.54, 1.807) is 6.33 Å². The third-order valence-electron chi connectivity index (χ3n) is 3.49. The molecule has 0 bridgehead atoms. The lowest BCUT2D eigenvalue weighted by atomic mass is 10.0. The van der Waals surface area contributed by atoms with Crippen LogP contribution in [-0.4, -0.2) is 20.0 Å². The van der Waals surface area contributed by atoms with E-state index in [0.717, 1.165) is 12.2 Å². The summed E-state index contributed by atoms with van der Waals surface area (Å²) in [5.41, 5.74) is 1.45. The minimum absolute atomic E-state index is 0.209. The van der Waals surface area contributed by atoms with E-state index >= 15 is 0 Å². The second-order valence-corrected chi connectivity index (χ2v) is 7.69. The van der Waals surface area contributed by atoms with Crippen LogP contribution in [0.5, 0.6) is 0 Å². The SMILES string of the molecule is CC(NC1C[C@H](C)Sc2sccc21)c1nncn1C. The van der Waals surface area contributed by atoms with Gasteiger partial charge in [-0.25, -0.2) is 0 Å². The Bertz CT molecular complexity index is 562. The molecule has 3 heterocycles. The summed E-state index contributed by atoms with van der Waals surface area (Å²) in [6.45, 7) is 4.46. The summed E-state index contributed by atoms with van der Waals surface area (Å²) in [5, 5.41) is 14.7. The highest BCUT2D eigenvalue weighted by molar-refractivity contribution is 8.01. The molecule has 2 unspecified atom stereocenters. The van der Waals surface area contributed by atoms with Crippen molar-refractivity contribution in [2.24, 2.45) is 7.05 Å². The molecule has 0 saturated heterocycles. The molecule has 0 spiro atoms. The Morgan fingerprint density at radius 3 is 3.11 bits per heavy atom. The Morgan fingerprint density at radius 1 is 1.53 bits per heavy atom. The maximum Gasteiger partial charge on any atom is 0.149 e. The average Bonchev–Trinajstić information content (AvgIpc) is 2.97. The van der Waals surface area contributed by atoms with E-state index in [9.17, 15) is 0 Å². The molecule has 0 aromatic carbocycles. The van der Waals surface area contributed by atoms with Crippen LogP contribution >= 0.6 is 23.1 Å². The Morgan fingerprint density at radius 2 is 2.37 bits per heavy atom. The lowest BCUT2D eigenvalue weighted by Crippen LogP contribution is -2.30. The fourth-order valence-electron chi connectivity index (χ4n) is 2.57. The van der Waals surface area contributed by atoms with Crippen LogP contribution in [0.3, 0.4) is 0 Å². The minimum atomic E-state index is 0.209. The first-order chi connectivity index (χ1) is 9.15. The fourth-order valence-corrected chi connectivity index (χ4v) is 5.13. The molecule has 0 saturated carbocycles. The molecule has 0 fully saturated rings. The van der Waals surface area contributed by atoms with Crippen molar-refractivity contribution >= 4 is 23.1 Å². The van der Waals surface area contributed by atoms with Gasteiger partial charge in [-0.2, -0.15) is 0 Å². The monoisotopic (exact) mass is 294 g/mol. The molecule has 0 radical (unpaired) electrons. The van der Waals surface area contributed by atoms with Gasteiger partial charge >= 0.3 is 0 Å². The highest BCUT2D eigenvalue weighted by Gasteiger charge is 2.28. The number of nitrogens with one attached hydrogen (secondary N) is 1. The van der Waals surface area contributed by atoms with Crippen LogP contribution in [0, 0.1) is 0 Å². The standard InChI is InChI=1S/C13H18N4S2/c1-8-6-11(10-4-5-18-13(10)19-8)15-9(2)12-16-14-7-17(12)3/h4-5,7-9,11,15H,6H2,1-3H3/t8-,9?,11?/m0/s1. The highest BCUT2D eigenvalue weighted by Crippen LogP contribution is 2.44. The molecule has 1 aliphatic heterocycles. The average molecular weight is 294 g/mol. The molecular weight excluding hydrogens is 276 g/mol. The number of nitrogens with zero attached hydrogens (tertiary/aromatic N) is 3. The summed E-state index contributed by atoms with van der Waals surface area (Å²) in [7, 11) is 1.99. The lowest BCUT2D eigenvalue weighted by Gasteiger charge is -2.29. The van der Waals surface area contributed by atoms with E-state index in [2.05, 4.69) is 40.8 Å². The molecule has 0 aliphatic carbocycles. The van der Waals surface area contributed by atoms with Gasteiger partial charge in [0, 0.05) is 18.3 Å². The predicted octanol–water partition coefficient (Wildman–Crippen LogP) is 3.15. The zero-order valence-corrected chi connectivity index (χ0v) is 13.0. The van der Waals surface area contributed by atoms with Crippen molar-refractivity contribution in [1.82, 2.24) is 20.1 Å². The first kappa shape index (κ1) is 13.1. The number of thiophene rings is 1. The third kappa shape index (κ3) is 2.57. The Balaban J connectivity index is 1.79. The number of aryl methyl sites for hydroxylation is 1. The largest absolute Gasteiger partial charge is 0.319 e. The van der Waals surface area contributed by atoms with Gasteiger partial charge < -0.3 is 9.88 Å². The van der Waals surface area contributed by atoms with E-state index in [-0.39, 0.29) is 6.04 Å². The fraction of sp³-hybridized carbons (Fsp3) is 0.538. The van der Waals surface area contributed by atoms with Gasteiger partial charge in [0.25, 0.3) is 0 Å². The van der Waals surface area contributed by atoms with Crippen LogP contribution in [0.25, 0.3) is 0 Å². The van der Waals surface area contributed by atoms with Gasteiger partial charge in [-0.1, -0.05) is 6.92 Å². The molecule has 4 nitrogen and oxygen atoms in total. The normalized spacial score (nSPS) is 24.2. The van der Waals surface area contributed by atoms with Crippen LogP contribution in [0.4, 0.5) is 0 Å². The van der Waals surface area contributed by atoms with Crippen molar-refractivity contribution in [2.45, 2.75) is 41.8 Å². The number of hydrogen-bond donors (Lipinski definition) is 1. The van der Waals surface area contributed by atoms with Crippen LogP contribution in [-0.2, 0) is 7.05 Å². The van der Waals surface area contributed by atoms with Gasteiger partial charge in [-0.15, -0.1) is 33.3 Å². The van der Waals surface area contributed by atoms with Gasteiger partial charge in [0.2, 0.25) is 0 Å². The van der Waals surface area contributed by atoms with E-state index in [4.69, 9.17) is 0 Å². The summed E-state index contributed by atoms with van der Waals surface area (Å²) in [4.78, 5) is 0. The van der Waals surface area contributed by atoms with Gasteiger partial charge in [-0.05, 0) is 30.4 Å². The first-order valence-corrected chi connectivity index (χ1v) is 8.25.